The van der Waals surface area contributed by atoms with Crippen LogP contribution in [0.15, 0.2) is 35.7 Å². The fourth-order valence-corrected chi connectivity index (χ4v) is 3.93. The van der Waals surface area contributed by atoms with Crippen molar-refractivity contribution in [2.24, 2.45) is 0 Å². The molecule has 0 radical (unpaired) electrons. The molecule has 0 saturated heterocycles. The van der Waals surface area contributed by atoms with Gasteiger partial charge in [-0.1, -0.05) is 23.9 Å². The molecule has 1 aliphatic rings. The van der Waals surface area contributed by atoms with E-state index in [1.807, 2.05) is 43.0 Å². The summed E-state index contributed by atoms with van der Waals surface area (Å²) in [6.45, 7) is 5.17. The van der Waals surface area contributed by atoms with Crippen LogP contribution in [-0.4, -0.2) is 52.8 Å². The summed E-state index contributed by atoms with van der Waals surface area (Å²) >= 11 is 1.37. The Morgan fingerprint density at radius 1 is 1.38 bits per heavy atom. The second-order valence-corrected chi connectivity index (χ2v) is 7.62. The number of H-pyrrole nitrogens is 1. The Hall–Kier alpha value is -2.68. The number of aromatic nitrogens is 6. The van der Waals surface area contributed by atoms with Crippen LogP contribution in [-0.2, 0) is 17.8 Å². The Balaban J connectivity index is 1.48. The number of fused-ring (bicyclic) bond motifs is 1. The number of hydrogen-bond donors (Lipinski definition) is 1. The van der Waals surface area contributed by atoms with Crippen molar-refractivity contribution in [3.8, 4) is 5.69 Å². The molecule has 26 heavy (non-hydrogen) atoms. The van der Waals surface area contributed by atoms with E-state index < -0.39 is 0 Å². The van der Waals surface area contributed by atoms with Crippen molar-refractivity contribution in [1.82, 2.24) is 35.1 Å². The molecule has 2 aromatic heterocycles. The van der Waals surface area contributed by atoms with E-state index in [2.05, 4.69) is 25.5 Å². The van der Waals surface area contributed by atoms with Gasteiger partial charge in [-0.25, -0.2) is 4.98 Å². The first kappa shape index (κ1) is 16.8. The summed E-state index contributed by atoms with van der Waals surface area (Å²) in [6, 6.07) is 7.94. The Bertz CT molecular complexity index is 935. The minimum atomic E-state index is -0.283. The van der Waals surface area contributed by atoms with Gasteiger partial charge in [-0.15, -0.1) is 5.10 Å². The van der Waals surface area contributed by atoms with Crippen molar-refractivity contribution in [3.05, 3.63) is 47.5 Å². The van der Waals surface area contributed by atoms with Crippen LogP contribution in [0.3, 0.4) is 0 Å². The van der Waals surface area contributed by atoms with Gasteiger partial charge in [0.25, 0.3) is 0 Å². The van der Waals surface area contributed by atoms with Gasteiger partial charge in [0, 0.05) is 13.0 Å². The molecule has 0 bridgehead atoms. The molecule has 8 nitrogen and oxygen atoms in total. The monoisotopic (exact) mass is 369 g/mol. The quantitative estimate of drug-likeness (QED) is 0.705. The predicted octanol–water partition coefficient (Wildman–Crippen LogP) is 1.76. The number of thioether (sulfide) groups is 1. The number of imidazole rings is 1. The van der Waals surface area contributed by atoms with E-state index in [-0.39, 0.29) is 11.2 Å². The van der Waals surface area contributed by atoms with E-state index in [9.17, 15) is 4.79 Å². The number of benzene rings is 1. The lowest BCUT2D eigenvalue weighted by Crippen LogP contribution is -2.40. The highest BCUT2D eigenvalue weighted by Crippen LogP contribution is 2.26. The molecule has 9 heteroatoms. The van der Waals surface area contributed by atoms with Crippen molar-refractivity contribution in [2.75, 3.05) is 6.54 Å². The summed E-state index contributed by atoms with van der Waals surface area (Å²) in [6.07, 6.45) is 2.47. The molecule has 0 fully saturated rings. The second kappa shape index (κ2) is 6.91. The van der Waals surface area contributed by atoms with Crippen molar-refractivity contribution < 1.29 is 4.79 Å². The summed E-state index contributed by atoms with van der Waals surface area (Å²) in [4.78, 5) is 22.1. The molecular weight excluding hydrogens is 350 g/mol. The van der Waals surface area contributed by atoms with E-state index in [0.717, 1.165) is 29.1 Å². The van der Waals surface area contributed by atoms with Crippen LogP contribution in [0, 0.1) is 6.92 Å². The van der Waals surface area contributed by atoms with Gasteiger partial charge in [-0.3, -0.25) is 4.79 Å². The zero-order valence-electron chi connectivity index (χ0n) is 14.6. The van der Waals surface area contributed by atoms with Gasteiger partial charge >= 0.3 is 0 Å². The van der Waals surface area contributed by atoms with Crippen LogP contribution in [0.5, 0.6) is 0 Å². The van der Waals surface area contributed by atoms with E-state index >= 15 is 0 Å². The van der Waals surface area contributed by atoms with E-state index in [4.69, 9.17) is 0 Å². The summed E-state index contributed by atoms with van der Waals surface area (Å²) in [5, 5.41) is 12.3. The first-order valence-electron chi connectivity index (χ1n) is 8.44. The lowest BCUT2D eigenvalue weighted by molar-refractivity contribution is -0.131. The number of tetrazole rings is 1. The average Bonchev–Trinajstić information content (AvgIpc) is 3.29. The molecule has 4 rings (SSSR count). The summed E-state index contributed by atoms with van der Waals surface area (Å²) in [5.74, 6) is 0.0778. The van der Waals surface area contributed by atoms with Crippen LogP contribution in [0.25, 0.3) is 5.69 Å². The number of aryl methyl sites for hydroxylation is 1. The largest absolute Gasteiger partial charge is 0.347 e. The molecule has 0 spiro atoms. The topological polar surface area (TPSA) is 92.6 Å². The van der Waals surface area contributed by atoms with Crippen LogP contribution in [0.2, 0.25) is 0 Å². The number of aromatic amines is 1. The number of carbonyl (C=O) groups excluding carboxylic acids is 1. The van der Waals surface area contributed by atoms with Gasteiger partial charge < -0.3 is 9.88 Å². The minimum Gasteiger partial charge on any atom is -0.347 e. The van der Waals surface area contributed by atoms with Gasteiger partial charge in [0.15, 0.2) is 0 Å². The van der Waals surface area contributed by atoms with Gasteiger partial charge in [-0.05, 0) is 42.0 Å². The Morgan fingerprint density at radius 2 is 2.27 bits per heavy atom. The molecule has 1 N–H and O–H groups in total. The first-order chi connectivity index (χ1) is 12.6. The summed E-state index contributed by atoms with van der Waals surface area (Å²) in [7, 11) is 0. The fourth-order valence-electron chi connectivity index (χ4n) is 3.04. The molecule has 134 valence electrons. The maximum atomic E-state index is 12.9. The summed E-state index contributed by atoms with van der Waals surface area (Å²) < 4.78 is 1.67. The number of carbonyl (C=O) groups is 1. The average molecular weight is 369 g/mol. The Kier molecular flexibility index (Phi) is 4.46. The molecule has 1 unspecified atom stereocenters. The number of nitrogens with one attached hydrogen (secondary N) is 1. The lowest BCUT2D eigenvalue weighted by atomic mass is 10.1. The van der Waals surface area contributed by atoms with Gasteiger partial charge in [-0.2, -0.15) is 4.68 Å². The second-order valence-electron chi connectivity index (χ2n) is 6.31. The Morgan fingerprint density at radius 3 is 3.12 bits per heavy atom. The zero-order chi connectivity index (χ0) is 18.1. The third-order valence-electron chi connectivity index (χ3n) is 4.40. The number of rotatable bonds is 4. The molecular formula is C17H19N7OS. The van der Waals surface area contributed by atoms with Gasteiger partial charge in [0.1, 0.15) is 0 Å². The van der Waals surface area contributed by atoms with Crippen LogP contribution in [0.4, 0.5) is 0 Å². The van der Waals surface area contributed by atoms with Crippen LogP contribution in [0.1, 0.15) is 23.9 Å². The predicted molar refractivity (Wildman–Crippen MR) is 96.9 cm³/mol. The van der Waals surface area contributed by atoms with E-state index in [0.29, 0.717) is 18.2 Å². The number of nitrogens with zero attached hydrogens (tertiary/aromatic N) is 6. The molecule has 3 aromatic rings. The number of hydrogen-bond acceptors (Lipinski definition) is 6. The zero-order valence-corrected chi connectivity index (χ0v) is 15.4. The molecule has 1 atom stereocenters. The number of amides is 1. The van der Waals surface area contributed by atoms with Crippen molar-refractivity contribution >= 4 is 17.7 Å². The normalized spacial score (nSPS) is 14.9. The third kappa shape index (κ3) is 3.22. The standard InChI is InChI=1S/C17H19N7OS/c1-11-4-3-5-13(8-11)24-17(20-21-22-24)26-12(2)16(25)23-7-6-14-15(9-23)19-10-18-14/h3-5,8,10,12H,6-7,9H2,1-2H3,(H,18,19). The molecule has 0 aliphatic carbocycles. The fraction of sp³-hybridized carbons (Fsp3) is 0.353. The first-order valence-corrected chi connectivity index (χ1v) is 9.32. The van der Waals surface area contributed by atoms with E-state index in [1.165, 1.54) is 11.8 Å². The highest BCUT2D eigenvalue weighted by Gasteiger charge is 2.27. The molecule has 3 heterocycles. The van der Waals surface area contributed by atoms with Crippen molar-refractivity contribution in [2.45, 2.75) is 37.2 Å². The highest BCUT2D eigenvalue weighted by molar-refractivity contribution is 8.00. The minimum absolute atomic E-state index is 0.0778. The van der Waals surface area contributed by atoms with Crippen molar-refractivity contribution in [1.29, 1.82) is 0 Å². The van der Waals surface area contributed by atoms with Gasteiger partial charge in [0.2, 0.25) is 11.1 Å². The molecule has 0 saturated carbocycles. The third-order valence-corrected chi connectivity index (χ3v) is 5.42. The molecule has 1 aliphatic heterocycles. The highest BCUT2D eigenvalue weighted by atomic mass is 32.2. The van der Waals surface area contributed by atoms with Crippen LogP contribution >= 0.6 is 11.8 Å². The SMILES string of the molecule is Cc1cccc(-n2nnnc2SC(C)C(=O)N2CCc3nc[nH]c3C2)c1. The molecule has 1 amide bonds. The Labute approximate surface area is 155 Å². The molecule has 1 aromatic carbocycles. The van der Waals surface area contributed by atoms with E-state index in [1.54, 1.807) is 11.0 Å². The summed E-state index contributed by atoms with van der Waals surface area (Å²) in [5.41, 5.74) is 4.09. The lowest BCUT2D eigenvalue weighted by Gasteiger charge is -2.28. The van der Waals surface area contributed by atoms with Gasteiger partial charge in [0.05, 0.1) is 35.2 Å². The van der Waals surface area contributed by atoms with Crippen LogP contribution < -0.4 is 0 Å². The maximum Gasteiger partial charge on any atom is 0.236 e. The van der Waals surface area contributed by atoms with Crippen molar-refractivity contribution in [3.63, 3.8) is 0 Å². The smallest absolute Gasteiger partial charge is 0.236 e. The maximum absolute atomic E-state index is 12.9.